The van der Waals surface area contributed by atoms with Crippen LogP contribution in [0.4, 0.5) is 5.82 Å². The average Bonchev–Trinajstić information content (AvgIpc) is 2.65. The van der Waals surface area contributed by atoms with Gasteiger partial charge in [-0.1, -0.05) is 0 Å². The monoisotopic (exact) mass is 287 g/mol. The Morgan fingerprint density at radius 2 is 2.47 bits per heavy atom. The van der Waals surface area contributed by atoms with Crippen molar-refractivity contribution in [2.24, 2.45) is 0 Å². The van der Waals surface area contributed by atoms with Gasteiger partial charge in [0.15, 0.2) is 0 Å². The number of halogens is 1. The van der Waals surface area contributed by atoms with E-state index in [2.05, 4.69) is 43.0 Å². The van der Waals surface area contributed by atoms with Gasteiger partial charge in [-0.3, -0.25) is 0 Å². The van der Waals surface area contributed by atoms with Gasteiger partial charge < -0.3 is 5.32 Å². The van der Waals surface area contributed by atoms with Crippen LogP contribution in [0.25, 0.3) is 0 Å². The van der Waals surface area contributed by atoms with Gasteiger partial charge in [0.1, 0.15) is 16.2 Å². The van der Waals surface area contributed by atoms with E-state index >= 15 is 0 Å². The number of aryl methyl sites for hydroxylation is 1. The van der Waals surface area contributed by atoms with Crippen molar-refractivity contribution in [1.29, 1.82) is 0 Å². The molecule has 1 aliphatic heterocycles. The molecule has 1 fully saturated rings. The second-order valence-electron chi connectivity index (χ2n) is 3.64. The van der Waals surface area contributed by atoms with Crippen LogP contribution in [0.2, 0.25) is 0 Å². The largest absolute Gasteiger partial charge is 0.369 e. The van der Waals surface area contributed by atoms with Crippen LogP contribution in [-0.4, -0.2) is 27.5 Å². The minimum atomic E-state index is 0.749. The Bertz CT molecular complexity index is 319. The number of rotatable bonds is 3. The van der Waals surface area contributed by atoms with Crippen molar-refractivity contribution in [3.05, 3.63) is 16.5 Å². The fourth-order valence-electron chi connectivity index (χ4n) is 1.65. The Hall–Kier alpha value is -0.290. The maximum atomic E-state index is 4.33. The van der Waals surface area contributed by atoms with E-state index in [-0.39, 0.29) is 0 Å². The number of nitrogens with one attached hydrogen (secondary N) is 1. The van der Waals surface area contributed by atoms with E-state index in [0.717, 1.165) is 28.0 Å². The van der Waals surface area contributed by atoms with E-state index in [1.54, 1.807) is 0 Å². The van der Waals surface area contributed by atoms with Crippen molar-refractivity contribution in [2.75, 3.05) is 17.6 Å². The number of hydrogen-bond donors (Lipinski definition) is 1. The molecule has 0 amide bonds. The van der Waals surface area contributed by atoms with E-state index in [1.807, 2.05) is 13.0 Å². The molecular weight excluding hydrogens is 274 g/mol. The number of nitrogens with zero attached hydrogens (tertiary/aromatic N) is 2. The van der Waals surface area contributed by atoms with E-state index in [0.29, 0.717) is 0 Å². The quantitative estimate of drug-likeness (QED) is 0.868. The zero-order valence-corrected chi connectivity index (χ0v) is 11.1. The normalized spacial score (nSPS) is 20.5. The Labute approximate surface area is 103 Å². The summed E-state index contributed by atoms with van der Waals surface area (Å²) in [6.07, 6.45) is 2.67. The molecular formula is C10H14BrN3S. The molecule has 0 aliphatic carbocycles. The van der Waals surface area contributed by atoms with E-state index in [9.17, 15) is 0 Å². The summed E-state index contributed by atoms with van der Waals surface area (Å²) >= 11 is 5.42. The van der Waals surface area contributed by atoms with Crippen molar-refractivity contribution < 1.29 is 0 Å². The van der Waals surface area contributed by atoms with Gasteiger partial charge in [0.05, 0.1) is 0 Å². The summed E-state index contributed by atoms with van der Waals surface area (Å²) < 4.78 is 0.844. The lowest BCUT2D eigenvalue weighted by Gasteiger charge is -2.10. The van der Waals surface area contributed by atoms with Gasteiger partial charge in [0.2, 0.25) is 0 Å². The van der Waals surface area contributed by atoms with Crippen molar-refractivity contribution in [3.63, 3.8) is 0 Å². The highest BCUT2D eigenvalue weighted by atomic mass is 79.9. The predicted molar refractivity (Wildman–Crippen MR) is 68.4 cm³/mol. The maximum Gasteiger partial charge on any atom is 0.130 e. The van der Waals surface area contributed by atoms with Gasteiger partial charge in [-0.05, 0) is 41.4 Å². The van der Waals surface area contributed by atoms with Crippen molar-refractivity contribution in [1.82, 2.24) is 9.97 Å². The summed E-state index contributed by atoms with van der Waals surface area (Å²) in [5.74, 6) is 3.02. The minimum Gasteiger partial charge on any atom is -0.369 e. The molecule has 0 bridgehead atoms. The third-order valence-corrected chi connectivity index (χ3v) is 4.15. The van der Waals surface area contributed by atoms with E-state index in [1.165, 1.54) is 18.6 Å². The lowest BCUT2D eigenvalue weighted by atomic mass is 10.2. The smallest absolute Gasteiger partial charge is 0.130 e. The van der Waals surface area contributed by atoms with Crippen LogP contribution in [0.1, 0.15) is 18.7 Å². The average molecular weight is 288 g/mol. The van der Waals surface area contributed by atoms with Crippen LogP contribution < -0.4 is 5.32 Å². The highest BCUT2D eigenvalue weighted by Gasteiger charge is 2.15. The second-order valence-corrected chi connectivity index (χ2v) is 5.86. The number of anilines is 1. The van der Waals surface area contributed by atoms with Gasteiger partial charge in [-0.2, -0.15) is 11.8 Å². The molecule has 1 atom stereocenters. The highest BCUT2D eigenvalue weighted by Crippen LogP contribution is 2.26. The molecule has 1 N–H and O–H groups in total. The molecule has 1 saturated heterocycles. The molecule has 0 aromatic carbocycles. The molecule has 15 heavy (non-hydrogen) atoms. The first kappa shape index (κ1) is 11.2. The first-order valence-corrected chi connectivity index (χ1v) is 6.95. The third kappa shape index (κ3) is 3.34. The van der Waals surface area contributed by atoms with Gasteiger partial charge >= 0.3 is 0 Å². The maximum absolute atomic E-state index is 4.33. The van der Waals surface area contributed by atoms with Crippen LogP contribution in [-0.2, 0) is 0 Å². The fraction of sp³-hybridized carbons (Fsp3) is 0.600. The van der Waals surface area contributed by atoms with Crippen molar-refractivity contribution in [2.45, 2.75) is 25.0 Å². The van der Waals surface area contributed by atoms with Gasteiger partial charge in [-0.25, -0.2) is 9.97 Å². The van der Waals surface area contributed by atoms with Crippen molar-refractivity contribution >= 4 is 33.5 Å². The predicted octanol–water partition coefficient (Wildman–Crippen LogP) is 2.86. The molecule has 0 radical (unpaired) electrons. The number of thioether (sulfide) groups is 1. The summed E-state index contributed by atoms with van der Waals surface area (Å²) in [5, 5.41) is 4.12. The molecule has 1 aromatic rings. The topological polar surface area (TPSA) is 37.8 Å². The van der Waals surface area contributed by atoms with Crippen LogP contribution in [0.3, 0.4) is 0 Å². The second kappa shape index (κ2) is 5.16. The molecule has 1 aromatic heterocycles. The van der Waals surface area contributed by atoms with Crippen LogP contribution >= 0.6 is 27.7 Å². The molecule has 0 spiro atoms. The molecule has 0 saturated carbocycles. The van der Waals surface area contributed by atoms with Crippen molar-refractivity contribution in [3.8, 4) is 0 Å². The zero-order chi connectivity index (χ0) is 10.7. The zero-order valence-electron chi connectivity index (χ0n) is 8.66. The number of aromatic nitrogens is 2. The fourth-order valence-corrected chi connectivity index (χ4v) is 3.32. The standard InChI is InChI=1S/C10H14BrN3S/c1-7-13-9(11)5-10(14-7)12-6-8-3-2-4-15-8/h5,8H,2-4,6H2,1H3,(H,12,13,14). The summed E-state index contributed by atoms with van der Waals surface area (Å²) in [4.78, 5) is 8.51. The molecule has 2 rings (SSSR count). The van der Waals surface area contributed by atoms with E-state index < -0.39 is 0 Å². The van der Waals surface area contributed by atoms with Crippen LogP contribution in [0, 0.1) is 6.92 Å². The minimum absolute atomic E-state index is 0.749. The molecule has 5 heteroatoms. The summed E-state index contributed by atoms with van der Waals surface area (Å²) in [6.45, 7) is 2.91. The molecule has 2 heterocycles. The molecule has 1 aliphatic rings. The summed E-state index contributed by atoms with van der Waals surface area (Å²) in [5.41, 5.74) is 0. The Kier molecular flexibility index (Phi) is 3.86. The Morgan fingerprint density at radius 3 is 3.13 bits per heavy atom. The van der Waals surface area contributed by atoms with Crippen LogP contribution in [0.5, 0.6) is 0 Å². The third-order valence-electron chi connectivity index (χ3n) is 2.34. The van der Waals surface area contributed by atoms with Gasteiger partial charge in [0, 0.05) is 17.9 Å². The molecule has 82 valence electrons. The first-order valence-electron chi connectivity index (χ1n) is 5.11. The van der Waals surface area contributed by atoms with Gasteiger partial charge in [0.25, 0.3) is 0 Å². The Balaban J connectivity index is 1.92. The number of hydrogen-bond acceptors (Lipinski definition) is 4. The summed E-state index contributed by atoms with van der Waals surface area (Å²) in [6, 6.07) is 1.92. The lowest BCUT2D eigenvalue weighted by Crippen LogP contribution is -2.14. The molecule has 3 nitrogen and oxygen atoms in total. The molecule has 1 unspecified atom stereocenters. The van der Waals surface area contributed by atoms with E-state index in [4.69, 9.17) is 0 Å². The summed E-state index contributed by atoms with van der Waals surface area (Å²) in [7, 11) is 0. The highest BCUT2D eigenvalue weighted by molar-refractivity contribution is 9.10. The van der Waals surface area contributed by atoms with Gasteiger partial charge in [-0.15, -0.1) is 0 Å². The Morgan fingerprint density at radius 1 is 1.60 bits per heavy atom. The first-order chi connectivity index (χ1) is 7.24. The SMILES string of the molecule is Cc1nc(Br)cc(NCC2CCCS2)n1. The lowest BCUT2D eigenvalue weighted by molar-refractivity contribution is 0.802. The van der Waals surface area contributed by atoms with Crippen LogP contribution in [0.15, 0.2) is 10.7 Å².